The van der Waals surface area contributed by atoms with Crippen LogP contribution in [0.25, 0.3) is 0 Å². The molecule has 0 amide bonds. The lowest BCUT2D eigenvalue weighted by Gasteiger charge is -2.08. The summed E-state index contributed by atoms with van der Waals surface area (Å²) in [6.07, 6.45) is 12.1. The van der Waals surface area contributed by atoms with Crippen LogP contribution in [-0.2, 0) is 0 Å². The summed E-state index contributed by atoms with van der Waals surface area (Å²) in [6, 6.07) is 0. The maximum Gasteiger partial charge on any atom is -0.0132 e. The maximum absolute atomic E-state index is 3.74. The minimum absolute atomic E-state index is 0.763. The van der Waals surface area contributed by atoms with Crippen LogP contribution in [0.1, 0.15) is 26.2 Å². The van der Waals surface area contributed by atoms with E-state index in [0.29, 0.717) is 0 Å². The molecule has 0 spiro atoms. The van der Waals surface area contributed by atoms with Crippen LogP contribution in [0.4, 0.5) is 0 Å². The molecule has 1 rings (SSSR count). The molecule has 0 aromatic rings. The highest BCUT2D eigenvalue weighted by Gasteiger charge is 2.04. The van der Waals surface area contributed by atoms with Crippen molar-refractivity contribution in [1.29, 1.82) is 0 Å². The van der Waals surface area contributed by atoms with E-state index in [-0.39, 0.29) is 0 Å². The Hall–Kier alpha value is -0.780. The topological polar surface area (TPSA) is 0 Å². The lowest BCUT2D eigenvalue weighted by Crippen LogP contribution is -1.93. The fourth-order valence-corrected chi connectivity index (χ4v) is 1.46. The van der Waals surface area contributed by atoms with Crippen LogP contribution < -0.4 is 0 Å². The van der Waals surface area contributed by atoms with Crippen LogP contribution in [-0.4, -0.2) is 0 Å². The molecule has 0 aromatic carbocycles. The third-order valence-electron chi connectivity index (χ3n) is 2.03. The normalized spacial score (nSPS) is 18.1. The van der Waals surface area contributed by atoms with Crippen molar-refractivity contribution in [3.8, 4) is 0 Å². The predicted molar refractivity (Wildman–Crippen MR) is 50.4 cm³/mol. The number of hydrogen-bond acceptors (Lipinski definition) is 0. The molecule has 0 heterocycles. The Balaban J connectivity index is 2.25. The van der Waals surface area contributed by atoms with Crippen LogP contribution in [0.15, 0.2) is 36.5 Å². The molecule has 0 nitrogen and oxygen atoms in total. The fourth-order valence-electron chi connectivity index (χ4n) is 1.46. The molecule has 0 aliphatic heterocycles. The van der Waals surface area contributed by atoms with Crippen molar-refractivity contribution in [2.75, 3.05) is 0 Å². The first-order valence-electron chi connectivity index (χ1n) is 4.28. The summed E-state index contributed by atoms with van der Waals surface area (Å²) < 4.78 is 0. The first-order valence-corrected chi connectivity index (χ1v) is 4.28. The molecule has 0 radical (unpaired) electrons. The van der Waals surface area contributed by atoms with Crippen molar-refractivity contribution >= 4 is 0 Å². The van der Waals surface area contributed by atoms with Gasteiger partial charge in [-0.05, 0) is 25.2 Å². The van der Waals surface area contributed by atoms with E-state index in [0.717, 1.165) is 12.3 Å². The van der Waals surface area contributed by atoms with Crippen LogP contribution in [0.3, 0.4) is 0 Å². The molecule has 0 bridgehead atoms. The highest BCUT2D eigenvalue weighted by molar-refractivity contribution is 5.23. The monoisotopic (exact) mass is 148 g/mol. The summed E-state index contributed by atoms with van der Waals surface area (Å²) in [6.45, 7) is 6.02. The summed E-state index contributed by atoms with van der Waals surface area (Å²) in [7, 11) is 0. The van der Waals surface area contributed by atoms with Gasteiger partial charge >= 0.3 is 0 Å². The minimum atomic E-state index is 0.763. The lowest BCUT2D eigenvalue weighted by atomic mass is 9.98. The second kappa shape index (κ2) is 4.17. The smallest absolute Gasteiger partial charge is 0.0132 e. The van der Waals surface area contributed by atoms with Gasteiger partial charge in [-0.25, -0.2) is 0 Å². The van der Waals surface area contributed by atoms with Crippen LogP contribution in [0, 0.1) is 5.92 Å². The Morgan fingerprint density at radius 2 is 2.55 bits per heavy atom. The summed E-state index contributed by atoms with van der Waals surface area (Å²) in [5.74, 6) is 0.763. The first-order chi connectivity index (χ1) is 5.33. The second-order valence-corrected chi connectivity index (χ2v) is 3.29. The van der Waals surface area contributed by atoms with Crippen LogP contribution >= 0.6 is 0 Å². The van der Waals surface area contributed by atoms with Gasteiger partial charge in [0.1, 0.15) is 0 Å². The van der Waals surface area contributed by atoms with Crippen molar-refractivity contribution in [3.63, 3.8) is 0 Å². The maximum atomic E-state index is 3.74. The Bertz CT molecular complexity index is 184. The largest absolute Gasteiger partial charge is 0.103 e. The molecule has 0 N–H and O–H groups in total. The summed E-state index contributed by atoms with van der Waals surface area (Å²) in [4.78, 5) is 0. The lowest BCUT2D eigenvalue weighted by molar-refractivity contribution is 0.583. The van der Waals surface area contributed by atoms with E-state index >= 15 is 0 Å². The number of allylic oxidation sites excluding steroid dienone is 5. The summed E-state index contributed by atoms with van der Waals surface area (Å²) in [5.41, 5.74) is 1.57. The Morgan fingerprint density at radius 3 is 3.09 bits per heavy atom. The Labute approximate surface area is 69.3 Å². The van der Waals surface area contributed by atoms with Crippen LogP contribution in [0.2, 0.25) is 0 Å². The third-order valence-corrected chi connectivity index (χ3v) is 2.03. The molecule has 1 atom stereocenters. The fraction of sp³-hybridized carbons (Fsp3) is 0.455. The molecule has 1 aliphatic carbocycles. The molecular weight excluding hydrogens is 132 g/mol. The minimum Gasteiger partial charge on any atom is -0.103 e. The van der Waals surface area contributed by atoms with Crippen molar-refractivity contribution in [1.82, 2.24) is 0 Å². The SMILES string of the molecule is C=CCC(C)CC1=CC=CC1. The van der Waals surface area contributed by atoms with Gasteiger partial charge in [-0.3, -0.25) is 0 Å². The quantitative estimate of drug-likeness (QED) is 0.535. The van der Waals surface area contributed by atoms with Gasteiger partial charge in [0.25, 0.3) is 0 Å². The van der Waals surface area contributed by atoms with Gasteiger partial charge in [0.05, 0.1) is 0 Å². The molecule has 1 aliphatic rings. The molecule has 1 unspecified atom stereocenters. The van der Waals surface area contributed by atoms with Crippen molar-refractivity contribution in [2.45, 2.75) is 26.2 Å². The molecular formula is C11H16. The molecule has 60 valence electrons. The molecule has 0 saturated carbocycles. The van der Waals surface area contributed by atoms with Gasteiger partial charge in [0, 0.05) is 0 Å². The van der Waals surface area contributed by atoms with Gasteiger partial charge in [-0.2, -0.15) is 0 Å². The van der Waals surface area contributed by atoms with E-state index in [9.17, 15) is 0 Å². The highest BCUT2D eigenvalue weighted by Crippen LogP contribution is 2.21. The third kappa shape index (κ3) is 2.75. The van der Waals surface area contributed by atoms with Gasteiger partial charge in [0.2, 0.25) is 0 Å². The Morgan fingerprint density at radius 1 is 1.73 bits per heavy atom. The summed E-state index contributed by atoms with van der Waals surface area (Å²) >= 11 is 0. The average molecular weight is 148 g/mol. The zero-order valence-corrected chi connectivity index (χ0v) is 7.22. The van der Waals surface area contributed by atoms with Gasteiger partial charge in [-0.1, -0.05) is 36.8 Å². The molecule has 11 heavy (non-hydrogen) atoms. The van der Waals surface area contributed by atoms with E-state index in [1.165, 1.54) is 12.8 Å². The molecule has 0 aromatic heterocycles. The van der Waals surface area contributed by atoms with E-state index in [1.807, 2.05) is 6.08 Å². The predicted octanol–water partition coefficient (Wildman–Crippen LogP) is 3.48. The first kappa shape index (κ1) is 8.32. The highest BCUT2D eigenvalue weighted by atomic mass is 14.1. The number of hydrogen-bond donors (Lipinski definition) is 0. The van der Waals surface area contributed by atoms with Crippen molar-refractivity contribution in [3.05, 3.63) is 36.5 Å². The van der Waals surface area contributed by atoms with Gasteiger partial charge < -0.3 is 0 Å². The Kier molecular flexibility index (Phi) is 3.15. The average Bonchev–Trinajstić information content (AvgIpc) is 2.40. The molecule has 0 saturated heterocycles. The number of rotatable bonds is 4. The van der Waals surface area contributed by atoms with Crippen molar-refractivity contribution < 1.29 is 0 Å². The van der Waals surface area contributed by atoms with Crippen LogP contribution in [0.5, 0.6) is 0 Å². The molecule has 0 heteroatoms. The summed E-state index contributed by atoms with van der Waals surface area (Å²) in [5, 5.41) is 0. The standard InChI is InChI=1S/C11H16/c1-3-6-10(2)9-11-7-4-5-8-11/h3-5,7,10H,1,6,8-9H2,2H3. The van der Waals surface area contributed by atoms with E-state index in [1.54, 1.807) is 5.57 Å². The van der Waals surface area contributed by atoms with Gasteiger partial charge in [0.15, 0.2) is 0 Å². The second-order valence-electron chi connectivity index (χ2n) is 3.29. The van der Waals surface area contributed by atoms with Gasteiger partial charge in [-0.15, -0.1) is 6.58 Å². The molecule has 0 fully saturated rings. The zero-order chi connectivity index (χ0) is 8.10. The van der Waals surface area contributed by atoms with E-state index in [4.69, 9.17) is 0 Å². The van der Waals surface area contributed by atoms with Crippen molar-refractivity contribution in [2.24, 2.45) is 5.92 Å². The van der Waals surface area contributed by atoms with E-state index < -0.39 is 0 Å². The van der Waals surface area contributed by atoms with E-state index in [2.05, 4.69) is 31.7 Å². The zero-order valence-electron chi connectivity index (χ0n) is 7.22.